The van der Waals surface area contributed by atoms with Crippen LogP contribution >= 0.6 is 7.67 Å². The predicted octanol–water partition coefficient (Wildman–Crippen LogP) is 3.97. The van der Waals surface area contributed by atoms with Crippen LogP contribution in [0.15, 0.2) is 6.33 Å². The van der Waals surface area contributed by atoms with E-state index in [1.54, 1.807) is 6.92 Å². The molecular weight excluding hydrogens is 671 g/mol. The van der Waals surface area contributed by atoms with E-state index in [0.717, 1.165) is 12.8 Å². The molecule has 1 unspecified atom stereocenters. The summed E-state index contributed by atoms with van der Waals surface area (Å²) in [6.45, 7) is 14.5. The number of nitrogens with one attached hydrogen (secondary N) is 2. The second-order valence-corrected chi connectivity index (χ2v) is 15.7. The molecule has 1 saturated heterocycles. The van der Waals surface area contributed by atoms with Gasteiger partial charge in [0.2, 0.25) is 5.88 Å². The van der Waals surface area contributed by atoms with Crippen LogP contribution in [0.4, 0.5) is 0 Å². The highest BCUT2D eigenvalue weighted by Crippen LogP contribution is 2.45. The standard InChI is InChI=1S/C33H57N6O10P/c1-10-12-14-46-30(41)23(16-20(3)4)37-50(44,38-24(17-21(5)6)31(42)47-15-13-11-2)48-18-25-27(40)33(8,43)32(49-25)39-19-34-26-28(39)35-22(7)36-29(26)45-9/h19-21,23-25,27,32,40,43H,10-18H2,1-9H3,(H2,37,38,44)/t23-,24-,25+,27-,32+,33?/m0/s1. The quantitative estimate of drug-likeness (QED) is 0.0815. The molecule has 17 heteroatoms. The van der Waals surface area contributed by atoms with Crippen molar-refractivity contribution in [2.24, 2.45) is 11.8 Å². The van der Waals surface area contributed by atoms with Crippen LogP contribution in [0, 0.1) is 18.8 Å². The molecule has 0 bridgehead atoms. The maximum absolute atomic E-state index is 14.8. The van der Waals surface area contributed by atoms with Gasteiger partial charge in [-0.25, -0.2) is 20.1 Å². The van der Waals surface area contributed by atoms with Crippen molar-refractivity contribution >= 4 is 30.8 Å². The molecule has 6 atom stereocenters. The molecule has 16 nitrogen and oxygen atoms in total. The van der Waals surface area contributed by atoms with Gasteiger partial charge in [-0.2, -0.15) is 4.98 Å². The van der Waals surface area contributed by atoms with Crippen LogP contribution < -0.4 is 14.9 Å². The fourth-order valence-electron chi connectivity index (χ4n) is 5.57. The van der Waals surface area contributed by atoms with Crippen molar-refractivity contribution in [3.8, 4) is 5.88 Å². The van der Waals surface area contributed by atoms with E-state index in [4.69, 9.17) is 23.5 Å². The van der Waals surface area contributed by atoms with Gasteiger partial charge in [-0.15, -0.1) is 0 Å². The lowest BCUT2D eigenvalue weighted by Gasteiger charge is -2.30. The smallest absolute Gasteiger partial charge is 0.342 e. The van der Waals surface area contributed by atoms with E-state index in [1.165, 1.54) is 24.9 Å². The van der Waals surface area contributed by atoms with Crippen molar-refractivity contribution in [3.05, 3.63) is 12.2 Å². The minimum Gasteiger partial charge on any atom is -0.479 e. The number of imidazole rings is 1. The molecular formula is C33H57N6O10P. The first kappa shape index (κ1) is 41.7. The van der Waals surface area contributed by atoms with E-state index in [0.29, 0.717) is 29.8 Å². The number of carbonyl (C=O) groups is 2. The summed E-state index contributed by atoms with van der Waals surface area (Å²) in [5.41, 5.74) is -1.25. The molecule has 1 fully saturated rings. The van der Waals surface area contributed by atoms with Crippen LogP contribution in [-0.2, 0) is 32.9 Å². The Morgan fingerprint density at radius 3 is 2.04 bits per heavy atom. The number of nitrogens with zero attached hydrogens (tertiary/aromatic N) is 4. The molecule has 2 aromatic rings. The summed E-state index contributed by atoms with van der Waals surface area (Å²) < 4.78 is 44.7. The Kier molecular flexibility index (Phi) is 15.6. The SMILES string of the molecule is CCCCOC(=O)[C@H](CC(C)C)NP(=O)(N[C@@H](CC(C)C)C(=O)OCCCC)OC[C@H]1O[C@@H](n2cnc3c(OC)nc(C)nc32)C(C)(O)[C@H]1O. The van der Waals surface area contributed by atoms with Crippen LogP contribution in [0.2, 0.25) is 0 Å². The lowest BCUT2D eigenvalue weighted by atomic mass is 9.96. The van der Waals surface area contributed by atoms with E-state index in [9.17, 15) is 24.4 Å². The fraction of sp³-hybridized carbons (Fsp3) is 0.788. The molecule has 1 aliphatic rings. The van der Waals surface area contributed by atoms with Gasteiger partial charge < -0.3 is 33.7 Å². The molecule has 284 valence electrons. The Hall–Kier alpha value is -2.72. The molecule has 0 saturated carbocycles. The van der Waals surface area contributed by atoms with Gasteiger partial charge in [0.15, 0.2) is 17.4 Å². The zero-order valence-electron chi connectivity index (χ0n) is 30.9. The molecule has 3 rings (SSSR count). The molecule has 0 spiro atoms. The van der Waals surface area contributed by atoms with E-state index in [1.807, 2.05) is 41.5 Å². The third kappa shape index (κ3) is 10.9. The molecule has 0 radical (unpaired) electrons. The van der Waals surface area contributed by atoms with Gasteiger partial charge in [-0.1, -0.05) is 54.4 Å². The van der Waals surface area contributed by atoms with Crippen LogP contribution in [0.3, 0.4) is 0 Å². The van der Waals surface area contributed by atoms with Crippen LogP contribution in [0.5, 0.6) is 5.88 Å². The number of aliphatic hydroxyl groups is 2. The number of aryl methyl sites for hydroxylation is 1. The normalized spacial score (nSPS) is 22.3. The molecule has 4 N–H and O–H groups in total. The van der Waals surface area contributed by atoms with Crippen LogP contribution in [0.1, 0.15) is 99.0 Å². The highest BCUT2D eigenvalue weighted by molar-refractivity contribution is 7.54. The van der Waals surface area contributed by atoms with Crippen molar-refractivity contribution < 1.29 is 47.8 Å². The summed E-state index contributed by atoms with van der Waals surface area (Å²) in [7, 11) is -2.87. The lowest BCUT2D eigenvalue weighted by Crippen LogP contribution is -2.47. The molecule has 3 heterocycles. The highest BCUT2D eigenvalue weighted by Gasteiger charge is 2.54. The number of hydrogen-bond donors (Lipinski definition) is 4. The molecule has 0 amide bonds. The van der Waals surface area contributed by atoms with E-state index in [2.05, 4.69) is 25.1 Å². The number of esters is 2. The molecule has 2 aromatic heterocycles. The fourth-order valence-corrected chi connectivity index (χ4v) is 7.39. The maximum Gasteiger partial charge on any atom is 0.342 e. The van der Waals surface area contributed by atoms with E-state index >= 15 is 0 Å². The first-order valence-corrected chi connectivity index (χ1v) is 19.1. The average Bonchev–Trinajstić information content (AvgIpc) is 3.55. The van der Waals surface area contributed by atoms with E-state index < -0.39 is 62.3 Å². The number of aromatic nitrogens is 4. The molecule has 0 aromatic carbocycles. The van der Waals surface area contributed by atoms with Crippen LogP contribution in [0.25, 0.3) is 11.2 Å². The predicted molar refractivity (Wildman–Crippen MR) is 185 cm³/mol. The van der Waals surface area contributed by atoms with Gasteiger partial charge in [0.05, 0.1) is 33.3 Å². The summed E-state index contributed by atoms with van der Waals surface area (Å²) in [5, 5.41) is 28.5. The van der Waals surface area contributed by atoms with Gasteiger partial charge in [0.25, 0.3) is 0 Å². The Balaban J connectivity index is 1.94. The van der Waals surface area contributed by atoms with Crippen molar-refractivity contribution in [3.63, 3.8) is 0 Å². The summed E-state index contributed by atoms with van der Waals surface area (Å²) in [5.74, 6) is -0.599. The number of carbonyl (C=O) groups excluding carboxylic acids is 2. The first-order valence-electron chi connectivity index (χ1n) is 17.5. The molecule has 50 heavy (non-hydrogen) atoms. The topological polar surface area (TPSA) is 205 Å². The number of rotatable bonds is 21. The van der Waals surface area contributed by atoms with Crippen molar-refractivity contribution in [1.29, 1.82) is 0 Å². The lowest BCUT2D eigenvalue weighted by molar-refractivity contribution is -0.146. The second-order valence-electron chi connectivity index (χ2n) is 13.8. The zero-order valence-corrected chi connectivity index (χ0v) is 31.8. The maximum atomic E-state index is 14.8. The monoisotopic (exact) mass is 728 g/mol. The van der Waals surface area contributed by atoms with E-state index in [-0.39, 0.29) is 43.8 Å². The Morgan fingerprint density at radius 1 is 1.02 bits per heavy atom. The minimum absolute atomic E-state index is 0.00272. The number of hydrogen-bond acceptors (Lipinski definition) is 13. The molecule has 0 aliphatic carbocycles. The molecule has 1 aliphatic heterocycles. The number of ether oxygens (including phenoxy) is 4. The Bertz CT molecular complexity index is 1410. The van der Waals surface area contributed by atoms with Gasteiger partial charge in [-0.05, 0) is 51.4 Å². The van der Waals surface area contributed by atoms with Crippen LogP contribution in [-0.4, -0.2) is 98.5 Å². The summed E-state index contributed by atoms with van der Waals surface area (Å²) >= 11 is 0. The Labute approximate surface area is 294 Å². The third-order valence-corrected chi connectivity index (χ3v) is 10.1. The van der Waals surface area contributed by atoms with Gasteiger partial charge in [0.1, 0.15) is 35.7 Å². The minimum atomic E-state index is -4.32. The second kappa shape index (κ2) is 18.7. The summed E-state index contributed by atoms with van der Waals surface area (Å²) in [4.78, 5) is 39.5. The van der Waals surface area contributed by atoms with Crippen molar-refractivity contribution in [2.45, 2.75) is 130 Å². The van der Waals surface area contributed by atoms with Gasteiger partial charge in [-0.3, -0.25) is 18.7 Å². The summed E-state index contributed by atoms with van der Waals surface area (Å²) in [6.07, 6.45) is 0.934. The summed E-state index contributed by atoms with van der Waals surface area (Å²) in [6, 6.07) is -2.11. The number of unbranched alkanes of at least 4 members (excludes halogenated alkanes) is 2. The van der Waals surface area contributed by atoms with Gasteiger partial charge in [0, 0.05) is 0 Å². The highest BCUT2D eigenvalue weighted by atomic mass is 31.2. The largest absolute Gasteiger partial charge is 0.479 e. The first-order chi connectivity index (χ1) is 23.6. The third-order valence-electron chi connectivity index (χ3n) is 8.24. The average molecular weight is 729 g/mol. The van der Waals surface area contributed by atoms with Crippen molar-refractivity contribution in [1.82, 2.24) is 29.7 Å². The number of methoxy groups -OCH3 is 1. The number of fused-ring (bicyclic) bond motifs is 1. The van der Waals surface area contributed by atoms with Crippen molar-refractivity contribution in [2.75, 3.05) is 26.9 Å². The van der Waals surface area contributed by atoms with Gasteiger partial charge >= 0.3 is 19.6 Å². The number of aliphatic hydroxyl groups excluding tert-OH is 1. The Morgan fingerprint density at radius 2 is 1.56 bits per heavy atom. The zero-order chi connectivity index (χ0) is 37.2.